The highest BCUT2D eigenvalue weighted by atomic mass is 16.5. The van der Waals surface area contributed by atoms with E-state index in [0.717, 1.165) is 25.5 Å². The van der Waals surface area contributed by atoms with Crippen molar-refractivity contribution in [1.29, 1.82) is 0 Å². The Hall–Kier alpha value is -0.860. The highest BCUT2D eigenvalue weighted by Crippen LogP contribution is 2.26. The molecule has 0 radical (unpaired) electrons. The van der Waals surface area contributed by atoms with Gasteiger partial charge >= 0.3 is 0 Å². The first-order chi connectivity index (χ1) is 9.79. The normalized spacial score (nSPS) is 24.5. The van der Waals surface area contributed by atoms with Gasteiger partial charge in [0.15, 0.2) is 0 Å². The number of hydrogen-bond donors (Lipinski definition) is 1. The van der Waals surface area contributed by atoms with Crippen molar-refractivity contribution in [3.05, 3.63) is 35.9 Å². The molecule has 0 aliphatic heterocycles. The van der Waals surface area contributed by atoms with Gasteiger partial charge in [0.25, 0.3) is 0 Å². The van der Waals surface area contributed by atoms with Crippen LogP contribution in [0.3, 0.4) is 0 Å². The Morgan fingerprint density at radius 2 is 1.85 bits per heavy atom. The Balaban J connectivity index is 1.84. The molecule has 0 bridgehead atoms. The van der Waals surface area contributed by atoms with E-state index in [2.05, 4.69) is 49.5 Å². The number of ether oxygens (including phenoxy) is 1. The summed E-state index contributed by atoms with van der Waals surface area (Å²) in [4.78, 5) is 0. The summed E-state index contributed by atoms with van der Waals surface area (Å²) in [5.74, 6) is 0.887. The number of hydrogen-bond acceptors (Lipinski definition) is 2. The van der Waals surface area contributed by atoms with Crippen LogP contribution in [0.5, 0.6) is 0 Å². The second kappa shape index (κ2) is 8.43. The summed E-state index contributed by atoms with van der Waals surface area (Å²) in [7, 11) is 0. The van der Waals surface area contributed by atoms with Crippen molar-refractivity contribution >= 4 is 0 Å². The van der Waals surface area contributed by atoms with Gasteiger partial charge in [0, 0.05) is 0 Å². The summed E-state index contributed by atoms with van der Waals surface area (Å²) in [5.41, 5.74) is 1.34. The summed E-state index contributed by atoms with van der Waals surface area (Å²) in [5, 5.41) is 3.61. The van der Waals surface area contributed by atoms with Gasteiger partial charge in [-0.15, -0.1) is 0 Å². The van der Waals surface area contributed by atoms with E-state index in [1.807, 2.05) is 0 Å². The molecule has 0 amide bonds. The van der Waals surface area contributed by atoms with Crippen LogP contribution >= 0.6 is 0 Å². The molecule has 1 atom stereocenters. The topological polar surface area (TPSA) is 21.3 Å². The molecule has 1 fully saturated rings. The fourth-order valence-electron chi connectivity index (χ4n) is 2.91. The standard InChI is InChI=1S/C18H29NO/c1-3-13-19-18(16-7-5-4-6-8-16)14-20-17-11-9-15(2)10-12-17/h4-8,15,17-19H,3,9-14H2,1-2H3. The van der Waals surface area contributed by atoms with E-state index < -0.39 is 0 Å². The Morgan fingerprint density at radius 3 is 2.50 bits per heavy atom. The van der Waals surface area contributed by atoms with Crippen LogP contribution in [0.15, 0.2) is 30.3 Å². The third-order valence-electron chi connectivity index (χ3n) is 4.30. The predicted octanol–water partition coefficient (Wildman–Crippen LogP) is 4.32. The summed E-state index contributed by atoms with van der Waals surface area (Å²) in [6.07, 6.45) is 6.74. The highest BCUT2D eigenvalue weighted by Gasteiger charge is 2.20. The molecule has 2 nitrogen and oxygen atoms in total. The molecular formula is C18H29NO. The highest BCUT2D eigenvalue weighted by molar-refractivity contribution is 5.18. The number of benzene rings is 1. The fraction of sp³-hybridized carbons (Fsp3) is 0.667. The molecule has 1 unspecified atom stereocenters. The van der Waals surface area contributed by atoms with E-state index in [1.165, 1.54) is 31.2 Å². The quantitative estimate of drug-likeness (QED) is 0.800. The first kappa shape index (κ1) is 15.5. The Labute approximate surface area is 123 Å². The predicted molar refractivity (Wildman–Crippen MR) is 84.8 cm³/mol. The molecule has 0 heterocycles. The molecule has 1 saturated carbocycles. The Kier molecular flexibility index (Phi) is 6.55. The van der Waals surface area contributed by atoms with Crippen LogP contribution in [0.2, 0.25) is 0 Å². The fourth-order valence-corrected chi connectivity index (χ4v) is 2.91. The number of rotatable bonds is 7. The molecule has 1 aromatic carbocycles. The maximum Gasteiger partial charge on any atom is 0.0665 e. The SMILES string of the molecule is CCCNC(COC1CCC(C)CC1)c1ccccc1. The van der Waals surface area contributed by atoms with Crippen molar-refractivity contribution in [2.75, 3.05) is 13.2 Å². The molecule has 0 aromatic heterocycles. The smallest absolute Gasteiger partial charge is 0.0665 e. The molecule has 0 spiro atoms. The molecule has 1 N–H and O–H groups in total. The molecule has 0 saturated heterocycles. The molecule has 112 valence electrons. The first-order valence-electron chi connectivity index (χ1n) is 8.19. The van der Waals surface area contributed by atoms with E-state index >= 15 is 0 Å². The lowest BCUT2D eigenvalue weighted by Crippen LogP contribution is -2.29. The molecule has 20 heavy (non-hydrogen) atoms. The van der Waals surface area contributed by atoms with Gasteiger partial charge in [0.05, 0.1) is 18.8 Å². The third-order valence-corrected chi connectivity index (χ3v) is 4.30. The van der Waals surface area contributed by atoms with Gasteiger partial charge < -0.3 is 10.1 Å². The monoisotopic (exact) mass is 275 g/mol. The lowest BCUT2D eigenvalue weighted by molar-refractivity contribution is 0.00791. The zero-order chi connectivity index (χ0) is 14.2. The van der Waals surface area contributed by atoms with Crippen LogP contribution in [0.25, 0.3) is 0 Å². The molecule has 2 heteroatoms. The zero-order valence-electron chi connectivity index (χ0n) is 13.0. The molecule has 1 aliphatic rings. The minimum atomic E-state index is 0.329. The van der Waals surface area contributed by atoms with E-state index in [0.29, 0.717) is 12.1 Å². The lowest BCUT2D eigenvalue weighted by atomic mass is 9.89. The minimum absolute atomic E-state index is 0.329. The van der Waals surface area contributed by atoms with Crippen molar-refractivity contribution in [3.63, 3.8) is 0 Å². The van der Waals surface area contributed by atoms with E-state index in [9.17, 15) is 0 Å². The summed E-state index contributed by atoms with van der Waals surface area (Å²) in [6.45, 7) is 6.40. The first-order valence-corrected chi connectivity index (χ1v) is 8.19. The van der Waals surface area contributed by atoms with Crippen LogP contribution in [-0.4, -0.2) is 19.3 Å². The van der Waals surface area contributed by atoms with Gasteiger partial charge in [-0.05, 0) is 50.1 Å². The van der Waals surface area contributed by atoms with Crippen LogP contribution < -0.4 is 5.32 Å². The van der Waals surface area contributed by atoms with Gasteiger partial charge in [-0.25, -0.2) is 0 Å². The third kappa shape index (κ3) is 4.92. The molecule has 1 aliphatic carbocycles. The van der Waals surface area contributed by atoms with Crippen molar-refractivity contribution in [2.45, 2.75) is 58.1 Å². The van der Waals surface area contributed by atoms with Gasteiger partial charge in [-0.3, -0.25) is 0 Å². The largest absolute Gasteiger partial charge is 0.376 e. The van der Waals surface area contributed by atoms with Crippen molar-refractivity contribution < 1.29 is 4.74 Å². The van der Waals surface area contributed by atoms with Crippen molar-refractivity contribution in [1.82, 2.24) is 5.32 Å². The van der Waals surface area contributed by atoms with E-state index in [1.54, 1.807) is 0 Å². The van der Waals surface area contributed by atoms with Crippen LogP contribution in [-0.2, 0) is 4.74 Å². The minimum Gasteiger partial charge on any atom is -0.376 e. The van der Waals surface area contributed by atoms with Crippen LogP contribution in [0.1, 0.15) is 57.6 Å². The van der Waals surface area contributed by atoms with Gasteiger partial charge in [-0.2, -0.15) is 0 Å². The van der Waals surface area contributed by atoms with Crippen LogP contribution in [0.4, 0.5) is 0 Å². The van der Waals surface area contributed by atoms with Crippen molar-refractivity contribution in [2.24, 2.45) is 5.92 Å². The van der Waals surface area contributed by atoms with Crippen LogP contribution in [0, 0.1) is 5.92 Å². The zero-order valence-corrected chi connectivity index (χ0v) is 13.0. The number of nitrogens with one attached hydrogen (secondary N) is 1. The molecular weight excluding hydrogens is 246 g/mol. The van der Waals surface area contributed by atoms with Gasteiger partial charge in [0.2, 0.25) is 0 Å². The lowest BCUT2D eigenvalue weighted by Gasteiger charge is -2.28. The maximum atomic E-state index is 6.18. The average Bonchev–Trinajstić information content (AvgIpc) is 2.50. The maximum absolute atomic E-state index is 6.18. The van der Waals surface area contributed by atoms with Gasteiger partial charge in [-0.1, -0.05) is 44.2 Å². The average molecular weight is 275 g/mol. The second-order valence-electron chi connectivity index (χ2n) is 6.13. The van der Waals surface area contributed by atoms with E-state index in [4.69, 9.17) is 4.74 Å². The summed E-state index contributed by atoms with van der Waals surface area (Å²) >= 11 is 0. The van der Waals surface area contributed by atoms with E-state index in [-0.39, 0.29) is 0 Å². The Morgan fingerprint density at radius 1 is 1.15 bits per heavy atom. The Bertz CT molecular complexity index is 357. The van der Waals surface area contributed by atoms with Gasteiger partial charge in [0.1, 0.15) is 0 Å². The second-order valence-corrected chi connectivity index (χ2v) is 6.13. The molecule has 2 rings (SSSR count). The summed E-state index contributed by atoms with van der Waals surface area (Å²) < 4.78 is 6.18. The molecule has 1 aromatic rings. The summed E-state index contributed by atoms with van der Waals surface area (Å²) in [6, 6.07) is 11.0. The van der Waals surface area contributed by atoms with Crippen molar-refractivity contribution in [3.8, 4) is 0 Å².